The number of methoxy groups -OCH3 is 2. The topological polar surface area (TPSA) is 106 Å². The second-order valence-electron chi connectivity index (χ2n) is 9.77. The van der Waals surface area contributed by atoms with Gasteiger partial charge in [0.15, 0.2) is 0 Å². The number of carbonyl (C=O) groups is 1. The van der Waals surface area contributed by atoms with Crippen LogP contribution in [0.3, 0.4) is 0 Å². The fourth-order valence-electron chi connectivity index (χ4n) is 5.20. The predicted molar refractivity (Wildman–Crippen MR) is 145 cm³/mol. The van der Waals surface area contributed by atoms with Crippen LogP contribution >= 0.6 is 11.6 Å². The zero-order valence-corrected chi connectivity index (χ0v) is 23.0. The number of hydrogen-bond acceptors (Lipinski definition) is 9. The summed E-state index contributed by atoms with van der Waals surface area (Å²) >= 11 is 6.36. The molecule has 3 atom stereocenters. The fraction of sp³-hybridized carbons (Fsp3) is 0.593. The quantitative estimate of drug-likeness (QED) is 0.392. The first-order chi connectivity index (χ1) is 18.4. The largest absolute Gasteiger partial charge is 0.481 e. The summed E-state index contributed by atoms with van der Waals surface area (Å²) < 4.78 is 22.6. The third-order valence-electron chi connectivity index (χ3n) is 7.32. The molecule has 0 bridgehead atoms. The number of nitrogens with zero attached hydrogens (tertiary/aromatic N) is 4. The molecule has 2 aromatic heterocycles. The maximum atomic E-state index is 11.6. The van der Waals surface area contributed by atoms with E-state index in [0.717, 1.165) is 43.7 Å². The van der Waals surface area contributed by atoms with Gasteiger partial charge in [-0.25, -0.2) is 9.97 Å². The van der Waals surface area contributed by atoms with E-state index < -0.39 is 5.97 Å². The average molecular weight is 549 g/mol. The Morgan fingerprint density at radius 1 is 1.13 bits per heavy atom. The van der Waals surface area contributed by atoms with Gasteiger partial charge in [-0.15, -0.1) is 0 Å². The van der Waals surface area contributed by atoms with Crippen LogP contribution in [0.2, 0.25) is 5.02 Å². The highest BCUT2D eigenvalue weighted by Gasteiger charge is 2.41. The molecule has 38 heavy (non-hydrogen) atoms. The monoisotopic (exact) mass is 548 g/mol. The standard InChI is InChI=1S/C27H37ClN4O6/c1-18-22(14-27(33)34)32(17-24(18)37-12-4-11-35-2)19-5-6-25(29-15-19)38-20-7-9-31(10-8-20)23-13-26(36-3)30-16-21(23)28/h5-6,13,15-16,18,20,22,24H,4,7-12,14,17H2,1-3H3,(H,33,34). The number of ether oxygens (including phenoxy) is 4. The Morgan fingerprint density at radius 2 is 1.89 bits per heavy atom. The van der Waals surface area contributed by atoms with Crippen LogP contribution in [0.25, 0.3) is 0 Å². The molecule has 0 radical (unpaired) electrons. The number of piperidine rings is 1. The van der Waals surface area contributed by atoms with Crippen molar-refractivity contribution in [3.05, 3.63) is 35.6 Å². The van der Waals surface area contributed by atoms with Crippen LogP contribution in [0.15, 0.2) is 30.6 Å². The maximum Gasteiger partial charge on any atom is 0.305 e. The Hall–Kier alpha value is -2.82. The van der Waals surface area contributed by atoms with Crippen LogP contribution in [-0.4, -0.2) is 86.4 Å². The third kappa shape index (κ3) is 6.98. The van der Waals surface area contributed by atoms with E-state index in [1.54, 1.807) is 26.6 Å². The van der Waals surface area contributed by atoms with Crippen molar-refractivity contribution >= 4 is 28.9 Å². The van der Waals surface area contributed by atoms with Crippen LogP contribution in [0, 0.1) is 5.92 Å². The second-order valence-corrected chi connectivity index (χ2v) is 10.2. The van der Waals surface area contributed by atoms with Gasteiger partial charge in [-0.3, -0.25) is 4.79 Å². The van der Waals surface area contributed by atoms with Gasteiger partial charge in [0.2, 0.25) is 11.8 Å². The number of anilines is 2. The molecule has 10 nitrogen and oxygen atoms in total. The molecule has 11 heteroatoms. The summed E-state index contributed by atoms with van der Waals surface area (Å²) in [5.74, 6) is 0.348. The molecule has 2 fully saturated rings. The highest BCUT2D eigenvalue weighted by atomic mass is 35.5. The van der Waals surface area contributed by atoms with Crippen molar-refractivity contribution in [2.45, 2.75) is 50.9 Å². The van der Waals surface area contributed by atoms with Crippen molar-refractivity contribution in [3.8, 4) is 11.8 Å². The molecular formula is C27H37ClN4O6. The van der Waals surface area contributed by atoms with Crippen molar-refractivity contribution in [1.82, 2.24) is 9.97 Å². The normalized spacial score (nSPS) is 22.1. The molecule has 0 aliphatic carbocycles. The summed E-state index contributed by atoms with van der Waals surface area (Å²) in [5, 5.41) is 10.1. The lowest BCUT2D eigenvalue weighted by molar-refractivity contribution is -0.137. The van der Waals surface area contributed by atoms with Gasteiger partial charge in [0, 0.05) is 76.9 Å². The van der Waals surface area contributed by atoms with E-state index in [2.05, 4.69) is 26.7 Å². The zero-order valence-electron chi connectivity index (χ0n) is 22.2. The van der Waals surface area contributed by atoms with E-state index in [1.165, 1.54) is 0 Å². The SMILES string of the molecule is COCCCOC1CN(c2ccc(OC3CCN(c4cc(OC)ncc4Cl)CC3)nc2)C(CC(=O)O)C1C. The van der Waals surface area contributed by atoms with E-state index >= 15 is 0 Å². The first-order valence-electron chi connectivity index (χ1n) is 13.1. The van der Waals surface area contributed by atoms with Crippen molar-refractivity contribution in [3.63, 3.8) is 0 Å². The Bertz CT molecular complexity index is 1050. The molecule has 2 aliphatic rings. The molecule has 4 rings (SSSR count). The number of aromatic nitrogens is 2. The summed E-state index contributed by atoms with van der Waals surface area (Å²) in [5.41, 5.74) is 1.78. The van der Waals surface area contributed by atoms with E-state index in [1.807, 2.05) is 18.2 Å². The van der Waals surface area contributed by atoms with Gasteiger partial charge >= 0.3 is 5.97 Å². The summed E-state index contributed by atoms with van der Waals surface area (Å²) in [7, 11) is 3.26. The summed E-state index contributed by atoms with van der Waals surface area (Å²) in [6, 6.07) is 5.50. The molecule has 0 amide bonds. The molecule has 2 saturated heterocycles. The van der Waals surface area contributed by atoms with Gasteiger partial charge in [-0.1, -0.05) is 18.5 Å². The highest BCUT2D eigenvalue weighted by Crippen LogP contribution is 2.34. The van der Waals surface area contributed by atoms with Gasteiger partial charge in [-0.2, -0.15) is 0 Å². The van der Waals surface area contributed by atoms with Gasteiger partial charge in [-0.05, 0) is 12.5 Å². The van der Waals surface area contributed by atoms with E-state index in [0.29, 0.717) is 36.5 Å². The van der Waals surface area contributed by atoms with Crippen LogP contribution in [-0.2, 0) is 14.3 Å². The molecule has 208 valence electrons. The Balaban J connectivity index is 1.34. The molecule has 2 aliphatic heterocycles. The number of pyridine rings is 2. The van der Waals surface area contributed by atoms with Gasteiger partial charge < -0.3 is 33.9 Å². The number of carboxylic acids is 1. The number of aliphatic carboxylic acids is 1. The van der Waals surface area contributed by atoms with Gasteiger partial charge in [0.05, 0.1) is 48.4 Å². The predicted octanol–water partition coefficient (Wildman–Crippen LogP) is 3.91. The first kappa shape index (κ1) is 28.2. The van der Waals surface area contributed by atoms with Crippen LogP contribution in [0.1, 0.15) is 32.6 Å². The van der Waals surface area contributed by atoms with E-state index in [-0.39, 0.29) is 30.6 Å². The minimum Gasteiger partial charge on any atom is -0.481 e. The van der Waals surface area contributed by atoms with Crippen molar-refractivity contribution in [2.24, 2.45) is 5.92 Å². The molecule has 0 aromatic carbocycles. The van der Waals surface area contributed by atoms with Gasteiger partial charge in [0.1, 0.15) is 6.10 Å². The zero-order chi connectivity index (χ0) is 27.1. The number of rotatable bonds is 12. The van der Waals surface area contributed by atoms with Crippen molar-refractivity contribution < 1.29 is 28.8 Å². The molecule has 3 unspecified atom stereocenters. The first-order valence-corrected chi connectivity index (χ1v) is 13.4. The van der Waals surface area contributed by atoms with E-state index in [9.17, 15) is 9.90 Å². The second kappa shape index (κ2) is 13.3. The van der Waals surface area contributed by atoms with Crippen molar-refractivity contribution in [2.75, 3.05) is 56.9 Å². The molecule has 0 saturated carbocycles. The van der Waals surface area contributed by atoms with Crippen molar-refractivity contribution in [1.29, 1.82) is 0 Å². The van der Waals surface area contributed by atoms with Crippen LogP contribution < -0.4 is 19.3 Å². The molecule has 2 aromatic rings. The lowest BCUT2D eigenvalue weighted by Gasteiger charge is -2.34. The Kier molecular flexibility index (Phi) is 9.87. The lowest BCUT2D eigenvalue weighted by atomic mass is 9.97. The summed E-state index contributed by atoms with van der Waals surface area (Å²) in [6.45, 7) is 5.49. The van der Waals surface area contributed by atoms with E-state index in [4.69, 9.17) is 30.5 Å². The average Bonchev–Trinajstić information content (AvgIpc) is 3.22. The van der Waals surface area contributed by atoms with Gasteiger partial charge in [0.25, 0.3) is 0 Å². The Labute approximate surface area is 228 Å². The molecule has 4 heterocycles. The van der Waals surface area contributed by atoms with Crippen LogP contribution in [0.4, 0.5) is 11.4 Å². The third-order valence-corrected chi connectivity index (χ3v) is 7.61. The maximum absolute atomic E-state index is 11.6. The summed E-state index contributed by atoms with van der Waals surface area (Å²) in [6.07, 6.45) is 5.88. The number of carboxylic acid groups (broad SMARTS) is 1. The Morgan fingerprint density at radius 3 is 2.55 bits per heavy atom. The number of hydrogen-bond donors (Lipinski definition) is 1. The summed E-state index contributed by atoms with van der Waals surface area (Å²) in [4.78, 5) is 24.6. The fourth-order valence-corrected chi connectivity index (χ4v) is 5.43. The molecular weight excluding hydrogens is 512 g/mol. The number of halogens is 1. The smallest absolute Gasteiger partial charge is 0.305 e. The molecule has 0 spiro atoms. The lowest BCUT2D eigenvalue weighted by Crippen LogP contribution is -2.38. The minimum absolute atomic E-state index is 0.0449. The highest BCUT2D eigenvalue weighted by molar-refractivity contribution is 6.33. The molecule has 1 N–H and O–H groups in total. The van der Waals surface area contributed by atoms with Crippen LogP contribution in [0.5, 0.6) is 11.8 Å². The minimum atomic E-state index is -0.822.